The Morgan fingerprint density at radius 1 is 0.909 bits per heavy atom. The Labute approximate surface area is 131 Å². The third-order valence-electron chi connectivity index (χ3n) is 3.20. The first-order valence-corrected chi connectivity index (χ1v) is 8.98. The second kappa shape index (κ2) is 7.96. The second-order valence-electron chi connectivity index (χ2n) is 5.08. The average Bonchev–Trinajstić information content (AvgIpc) is 2.53. The van der Waals surface area contributed by atoms with E-state index < -0.39 is 9.84 Å². The highest BCUT2D eigenvalue weighted by Crippen LogP contribution is 2.11. The minimum Gasteiger partial charge on any atom is -0.494 e. The molecule has 2 aromatic rings. The van der Waals surface area contributed by atoms with Crippen LogP contribution < -0.4 is 4.74 Å². The van der Waals surface area contributed by atoms with Crippen LogP contribution in [0.4, 0.5) is 0 Å². The molecule has 4 nitrogen and oxygen atoms in total. The van der Waals surface area contributed by atoms with Gasteiger partial charge in [0.05, 0.1) is 24.7 Å². The van der Waals surface area contributed by atoms with E-state index in [1.165, 1.54) is 0 Å². The highest BCUT2D eigenvalue weighted by Gasteiger charge is 2.12. The van der Waals surface area contributed by atoms with Gasteiger partial charge in [-0.2, -0.15) is 0 Å². The van der Waals surface area contributed by atoms with Crippen LogP contribution in [0.1, 0.15) is 17.5 Å². The molecule has 0 bridgehead atoms. The molecule has 1 N–H and O–H groups in total. The fourth-order valence-electron chi connectivity index (χ4n) is 2.05. The lowest BCUT2D eigenvalue weighted by molar-refractivity contribution is 0.282. The molecular weight excluding hydrogens is 300 g/mol. The first-order valence-electron chi connectivity index (χ1n) is 7.16. The second-order valence-corrected chi connectivity index (χ2v) is 7.27. The lowest BCUT2D eigenvalue weighted by Gasteiger charge is -2.07. The summed E-state index contributed by atoms with van der Waals surface area (Å²) in [4.78, 5) is 0. The summed E-state index contributed by atoms with van der Waals surface area (Å²) in [6.07, 6.45) is 0.464. The number of para-hydroxylation sites is 1. The average molecular weight is 320 g/mol. The monoisotopic (exact) mass is 320 g/mol. The van der Waals surface area contributed by atoms with Gasteiger partial charge in [-0.25, -0.2) is 8.42 Å². The van der Waals surface area contributed by atoms with Gasteiger partial charge in [0, 0.05) is 0 Å². The van der Waals surface area contributed by atoms with Crippen LogP contribution in [0.25, 0.3) is 0 Å². The molecule has 22 heavy (non-hydrogen) atoms. The smallest absolute Gasteiger partial charge is 0.154 e. The van der Waals surface area contributed by atoms with E-state index >= 15 is 0 Å². The molecule has 0 aliphatic rings. The van der Waals surface area contributed by atoms with Gasteiger partial charge in [-0.05, 0) is 29.7 Å². The Hall–Kier alpha value is -1.85. The van der Waals surface area contributed by atoms with Crippen LogP contribution >= 0.6 is 0 Å². The maximum Gasteiger partial charge on any atom is 0.154 e. The molecule has 0 atom stereocenters. The highest BCUT2D eigenvalue weighted by molar-refractivity contribution is 7.90. The summed E-state index contributed by atoms with van der Waals surface area (Å²) in [5.74, 6) is 0.866. The van der Waals surface area contributed by atoms with Gasteiger partial charge >= 0.3 is 0 Å². The number of hydrogen-bond donors (Lipinski definition) is 1. The Bertz CT molecular complexity index is 664. The molecular formula is C17H20O4S. The van der Waals surface area contributed by atoms with Crippen molar-refractivity contribution >= 4 is 9.84 Å². The fourth-order valence-corrected chi connectivity index (χ4v) is 3.45. The molecule has 0 saturated heterocycles. The van der Waals surface area contributed by atoms with Crippen molar-refractivity contribution in [1.82, 2.24) is 0 Å². The van der Waals surface area contributed by atoms with Crippen LogP contribution in [-0.2, 0) is 22.2 Å². The summed E-state index contributed by atoms with van der Waals surface area (Å²) in [7, 11) is -3.15. The Kier molecular flexibility index (Phi) is 5.98. The van der Waals surface area contributed by atoms with Crippen molar-refractivity contribution in [2.75, 3.05) is 12.4 Å². The van der Waals surface area contributed by atoms with Crippen molar-refractivity contribution in [2.24, 2.45) is 0 Å². The Balaban J connectivity index is 1.78. The summed E-state index contributed by atoms with van der Waals surface area (Å²) in [6, 6.07) is 16.3. The first kappa shape index (κ1) is 16.5. The SMILES string of the molecule is O=S(=O)(CCCOc1ccccc1)Cc1ccc(CO)cc1. The zero-order valence-electron chi connectivity index (χ0n) is 12.3. The van der Waals surface area contributed by atoms with Crippen molar-refractivity contribution in [3.63, 3.8) is 0 Å². The Morgan fingerprint density at radius 2 is 1.55 bits per heavy atom. The van der Waals surface area contributed by atoms with Gasteiger partial charge in [0.1, 0.15) is 5.75 Å². The summed E-state index contributed by atoms with van der Waals surface area (Å²) < 4.78 is 29.6. The molecule has 2 rings (SSSR count). The Morgan fingerprint density at radius 3 is 2.18 bits per heavy atom. The maximum atomic E-state index is 12.1. The molecule has 118 valence electrons. The molecule has 0 amide bonds. The van der Waals surface area contributed by atoms with Crippen LogP contribution in [0.2, 0.25) is 0 Å². The largest absolute Gasteiger partial charge is 0.494 e. The highest BCUT2D eigenvalue weighted by atomic mass is 32.2. The van der Waals surface area contributed by atoms with Gasteiger partial charge in [-0.3, -0.25) is 0 Å². The van der Waals surface area contributed by atoms with E-state index in [9.17, 15) is 8.42 Å². The van der Waals surface area contributed by atoms with Crippen LogP contribution in [0, 0.1) is 0 Å². The molecule has 5 heteroatoms. The number of ether oxygens (including phenoxy) is 1. The minimum absolute atomic E-state index is 0.0179. The van der Waals surface area contributed by atoms with Crippen LogP contribution in [0.5, 0.6) is 5.75 Å². The number of aliphatic hydroxyl groups excluding tert-OH is 1. The zero-order chi connectivity index (χ0) is 15.8. The molecule has 0 fully saturated rings. The van der Waals surface area contributed by atoms with E-state index in [0.717, 1.165) is 16.9 Å². The molecule has 0 radical (unpaired) electrons. The number of benzene rings is 2. The number of aliphatic hydroxyl groups is 1. The molecule has 0 aliphatic heterocycles. The van der Waals surface area contributed by atoms with Gasteiger partial charge < -0.3 is 9.84 Å². The standard InChI is InChI=1S/C17H20O4S/c18-13-15-7-9-16(10-8-15)14-22(19,20)12-4-11-21-17-5-2-1-3-6-17/h1-3,5-10,18H,4,11-14H2. The first-order chi connectivity index (χ1) is 10.6. The quantitative estimate of drug-likeness (QED) is 0.759. The van der Waals surface area contributed by atoms with Crippen LogP contribution in [-0.4, -0.2) is 25.9 Å². The van der Waals surface area contributed by atoms with E-state index in [4.69, 9.17) is 9.84 Å². The van der Waals surface area contributed by atoms with Crippen molar-refractivity contribution in [3.8, 4) is 5.75 Å². The van der Waals surface area contributed by atoms with Gasteiger partial charge in [-0.1, -0.05) is 42.5 Å². The number of hydrogen-bond acceptors (Lipinski definition) is 4. The van der Waals surface area contributed by atoms with Gasteiger partial charge in [0.2, 0.25) is 0 Å². The maximum absolute atomic E-state index is 12.1. The van der Waals surface area contributed by atoms with Crippen LogP contribution in [0.15, 0.2) is 54.6 Å². The molecule has 0 heterocycles. The minimum atomic E-state index is -3.15. The summed E-state index contributed by atoms with van der Waals surface area (Å²) >= 11 is 0. The topological polar surface area (TPSA) is 63.6 Å². The van der Waals surface area contributed by atoms with E-state index in [1.807, 2.05) is 30.3 Å². The van der Waals surface area contributed by atoms with E-state index in [2.05, 4.69) is 0 Å². The molecule has 0 aliphatic carbocycles. The summed E-state index contributed by atoms with van der Waals surface area (Å²) in [6.45, 7) is 0.344. The van der Waals surface area contributed by atoms with Crippen molar-refractivity contribution in [2.45, 2.75) is 18.8 Å². The predicted octanol–water partition coefficient (Wildman–Crippen LogP) is 2.56. The van der Waals surface area contributed by atoms with E-state index in [0.29, 0.717) is 13.0 Å². The predicted molar refractivity (Wildman–Crippen MR) is 86.4 cm³/mol. The zero-order valence-corrected chi connectivity index (χ0v) is 13.1. The molecule has 0 saturated carbocycles. The van der Waals surface area contributed by atoms with Crippen molar-refractivity contribution < 1.29 is 18.3 Å². The lowest BCUT2D eigenvalue weighted by atomic mass is 10.2. The van der Waals surface area contributed by atoms with Gasteiger partial charge in [0.15, 0.2) is 9.84 Å². The molecule has 0 aromatic heterocycles. The van der Waals surface area contributed by atoms with Crippen molar-refractivity contribution in [3.05, 3.63) is 65.7 Å². The normalized spacial score (nSPS) is 11.3. The van der Waals surface area contributed by atoms with Crippen molar-refractivity contribution in [1.29, 1.82) is 0 Å². The van der Waals surface area contributed by atoms with Crippen LogP contribution in [0.3, 0.4) is 0 Å². The molecule has 0 unspecified atom stereocenters. The van der Waals surface area contributed by atoms with Gasteiger partial charge in [0.25, 0.3) is 0 Å². The fraction of sp³-hybridized carbons (Fsp3) is 0.294. The summed E-state index contributed by atoms with van der Waals surface area (Å²) in [5, 5.41) is 8.97. The lowest BCUT2D eigenvalue weighted by Crippen LogP contribution is -2.12. The third kappa shape index (κ3) is 5.50. The summed E-state index contributed by atoms with van der Waals surface area (Å²) in [5.41, 5.74) is 1.51. The number of rotatable bonds is 8. The van der Waals surface area contributed by atoms with E-state index in [1.54, 1.807) is 24.3 Å². The molecule has 2 aromatic carbocycles. The van der Waals surface area contributed by atoms with E-state index in [-0.39, 0.29) is 18.1 Å². The third-order valence-corrected chi connectivity index (χ3v) is 4.89. The van der Waals surface area contributed by atoms with Gasteiger partial charge in [-0.15, -0.1) is 0 Å². The molecule has 0 spiro atoms. The number of sulfone groups is 1.